The van der Waals surface area contributed by atoms with Gasteiger partial charge in [-0.25, -0.2) is 0 Å². The van der Waals surface area contributed by atoms with Gasteiger partial charge in [-0.1, -0.05) is 0 Å². The summed E-state index contributed by atoms with van der Waals surface area (Å²) in [6.07, 6.45) is 3.64. The van der Waals surface area contributed by atoms with E-state index >= 15 is 0 Å². The first-order valence-electron chi connectivity index (χ1n) is 7.25. The molecule has 0 aliphatic carbocycles. The zero-order chi connectivity index (χ0) is 14.9. The lowest BCUT2D eigenvalue weighted by molar-refractivity contribution is 0.0730. The van der Waals surface area contributed by atoms with Crippen molar-refractivity contribution in [3.63, 3.8) is 0 Å². The lowest BCUT2D eigenvalue weighted by Crippen LogP contribution is -2.30. The van der Waals surface area contributed by atoms with E-state index in [1.165, 1.54) is 5.56 Å². The molecule has 0 saturated carbocycles. The van der Waals surface area contributed by atoms with Gasteiger partial charge in [-0.3, -0.25) is 9.89 Å². The highest BCUT2D eigenvalue weighted by Crippen LogP contribution is 2.34. The minimum Gasteiger partial charge on any atom is -0.463 e. The molecule has 0 radical (unpaired) electrons. The fourth-order valence-corrected chi connectivity index (χ4v) is 3.66. The SMILES string of the molecule is O=C(c1cc(-c2ccco2)[nH]n1)N1CCC[C@H]1c1ccsc1. The third-order valence-electron chi connectivity index (χ3n) is 4.03. The lowest BCUT2D eigenvalue weighted by Gasteiger charge is -2.23. The smallest absolute Gasteiger partial charge is 0.274 e. The van der Waals surface area contributed by atoms with Crippen LogP contribution in [0.1, 0.15) is 34.9 Å². The predicted octanol–water partition coefficient (Wildman–Crippen LogP) is 3.71. The van der Waals surface area contributed by atoms with Gasteiger partial charge in [-0.2, -0.15) is 16.4 Å². The monoisotopic (exact) mass is 313 g/mol. The number of aromatic nitrogens is 2. The van der Waals surface area contributed by atoms with E-state index in [4.69, 9.17) is 4.42 Å². The van der Waals surface area contributed by atoms with E-state index in [0.29, 0.717) is 11.5 Å². The summed E-state index contributed by atoms with van der Waals surface area (Å²) in [6.45, 7) is 0.780. The van der Waals surface area contributed by atoms with Crippen molar-refractivity contribution in [2.24, 2.45) is 0 Å². The summed E-state index contributed by atoms with van der Waals surface area (Å²) in [4.78, 5) is 14.7. The van der Waals surface area contributed by atoms with Gasteiger partial charge in [0.2, 0.25) is 0 Å². The second-order valence-electron chi connectivity index (χ2n) is 5.36. The topological polar surface area (TPSA) is 62.1 Å². The second kappa shape index (κ2) is 5.46. The van der Waals surface area contributed by atoms with Gasteiger partial charge in [0.15, 0.2) is 11.5 Å². The van der Waals surface area contributed by atoms with Gasteiger partial charge >= 0.3 is 0 Å². The molecule has 1 aliphatic heterocycles. The van der Waals surface area contributed by atoms with E-state index in [2.05, 4.69) is 27.0 Å². The van der Waals surface area contributed by atoms with Crippen molar-refractivity contribution >= 4 is 17.2 Å². The molecule has 1 amide bonds. The Hall–Kier alpha value is -2.34. The Morgan fingerprint density at radius 3 is 3.18 bits per heavy atom. The van der Waals surface area contributed by atoms with Gasteiger partial charge in [0, 0.05) is 12.6 Å². The molecule has 6 heteroatoms. The standard InChI is InChI=1S/C16H15N3O2S/c20-16(13-9-12(17-18-13)15-4-2-7-21-15)19-6-1-3-14(19)11-5-8-22-10-11/h2,4-5,7-10,14H,1,3,6H2,(H,17,18)/t14-/m0/s1. The average Bonchev–Trinajstić information content (AvgIpc) is 3.35. The number of hydrogen-bond donors (Lipinski definition) is 1. The molecule has 1 atom stereocenters. The number of thiophene rings is 1. The summed E-state index contributed by atoms with van der Waals surface area (Å²) in [5.74, 6) is 0.658. The van der Waals surface area contributed by atoms with Crippen LogP contribution in [0, 0.1) is 0 Å². The zero-order valence-electron chi connectivity index (χ0n) is 11.9. The molecule has 1 aliphatic rings. The van der Waals surface area contributed by atoms with Crippen LogP contribution < -0.4 is 0 Å². The highest BCUT2D eigenvalue weighted by atomic mass is 32.1. The molecule has 0 spiro atoms. The molecule has 0 unspecified atom stereocenters. The van der Waals surface area contributed by atoms with Crippen molar-refractivity contribution in [2.45, 2.75) is 18.9 Å². The highest BCUT2D eigenvalue weighted by molar-refractivity contribution is 7.07. The van der Waals surface area contributed by atoms with Gasteiger partial charge in [0.1, 0.15) is 5.69 Å². The molecule has 1 N–H and O–H groups in total. The fraction of sp³-hybridized carbons (Fsp3) is 0.250. The van der Waals surface area contributed by atoms with Crippen molar-refractivity contribution in [3.8, 4) is 11.5 Å². The largest absolute Gasteiger partial charge is 0.463 e. The Morgan fingerprint density at radius 2 is 2.41 bits per heavy atom. The summed E-state index contributed by atoms with van der Waals surface area (Å²) in [5.41, 5.74) is 2.38. The predicted molar refractivity (Wildman–Crippen MR) is 83.6 cm³/mol. The van der Waals surface area contributed by atoms with Gasteiger partial charge in [0.25, 0.3) is 5.91 Å². The molecular weight excluding hydrogens is 298 g/mol. The molecule has 22 heavy (non-hydrogen) atoms. The highest BCUT2D eigenvalue weighted by Gasteiger charge is 2.32. The number of carbonyl (C=O) groups is 1. The number of likely N-dealkylation sites (tertiary alicyclic amines) is 1. The van der Waals surface area contributed by atoms with Crippen LogP contribution in [0.5, 0.6) is 0 Å². The van der Waals surface area contributed by atoms with Crippen LogP contribution in [0.25, 0.3) is 11.5 Å². The van der Waals surface area contributed by atoms with Crippen molar-refractivity contribution in [2.75, 3.05) is 6.54 Å². The number of aromatic amines is 1. The molecule has 0 bridgehead atoms. The van der Waals surface area contributed by atoms with E-state index < -0.39 is 0 Å². The summed E-state index contributed by atoms with van der Waals surface area (Å²) in [5, 5.41) is 11.2. The van der Waals surface area contributed by atoms with Crippen LogP contribution >= 0.6 is 11.3 Å². The number of rotatable bonds is 3. The second-order valence-corrected chi connectivity index (χ2v) is 6.14. The Morgan fingerprint density at radius 1 is 1.45 bits per heavy atom. The number of nitrogens with one attached hydrogen (secondary N) is 1. The van der Waals surface area contributed by atoms with Crippen LogP contribution in [-0.4, -0.2) is 27.5 Å². The maximum atomic E-state index is 12.8. The minimum absolute atomic E-state index is 0.0252. The van der Waals surface area contributed by atoms with Gasteiger partial charge in [0.05, 0.1) is 12.3 Å². The Kier molecular flexibility index (Phi) is 3.31. The number of nitrogens with zero attached hydrogens (tertiary/aromatic N) is 2. The lowest BCUT2D eigenvalue weighted by atomic mass is 10.1. The normalized spacial score (nSPS) is 18.0. The summed E-state index contributed by atoms with van der Waals surface area (Å²) in [7, 11) is 0. The van der Waals surface area contributed by atoms with Crippen LogP contribution in [0.3, 0.4) is 0 Å². The average molecular weight is 313 g/mol. The number of amides is 1. The van der Waals surface area contributed by atoms with E-state index in [0.717, 1.165) is 25.1 Å². The molecule has 3 aromatic heterocycles. The molecule has 3 aromatic rings. The number of carbonyl (C=O) groups excluding carboxylic acids is 1. The third kappa shape index (κ3) is 2.25. The van der Waals surface area contributed by atoms with Crippen molar-refractivity contribution in [1.29, 1.82) is 0 Å². The van der Waals surface area contributed by atoms with Crippen LogP contribution in [0.4, 0.5) is 0 Å². The van der Waals surface area contributed by atoms with Crippen molar-refractivity contribution in [1.82, 2.24) is 15.1 Å². The maximum absolute atomic E-state index is 12.8. The van der Waals surface area contributed by atoms with E-state index in [1.54, 1.807) is 23.7 Å². The molecule has 4 heterocycles. The maximum Gasteiger partial charge on any atom is 0.274 e. The quantitative estimate of drug-likeness (QED) is 0.802. The summed E-state index contributed by atoms with van der Waals surface area (Å²) >= 11 is 1.67. The Bertz CT molecular complexity index is 761. The molecule has 0 aromatic carbocycles. The van der Waals surface area contributed by atoms with Crippen LogP contribution in [0.15, 0.2) is 45.7 Å². The van der Waals surface area contributed by atoms with Gasteiger partial charge < -0.3 is 9.32 Å². The van der Waals surface area contributed by atoms with E-state index in [9.17, 15) is 4.79 Å². The van der Waals surface area contributed by atoms with Crippen LogP contribution in [-0.2, 0) is 0 Å². The molecule has 1 fully saturated rings. The van der Waals surface area contributed by atoms with E-state index in [-0.39, 0.29) is 11.9 Å². The molecular formula is C16H15N3O2S. The number of furan rings is 1. The summed E-state index contributed by atoms with van der Waals surface area (Å²) < 4.78 is 5.32. The van der Waals surface area contributed by atoms with Crippen LogP contribution in [0.2, 0.25) is 0 Å². The zero-order valence-corrected chi connectivity index (χ0v) is 12.7. The minimum atomic E-state index is -0.0252. The number of H-pyrrole nitrogens is 1. The molecule has 1 saturated heterocycles. The number of hydrogen-bond acceptors (Lipinski definition) is 4. The van der Waals surface area contributed by atoms with E-state index in [1.807, 2.05) is 17.0 Å². The van der Waals surface area contributed by atoms with Crippen molar-refractivity contribution in [3.05, 3.63) is 52.5 Å². The van der Waals surface area contributed by atoms with Gasteiger partial charge in [-0.15, -0.1) is 0 Å². The first-order valence-corrected chi connectivity index (χ1v) is 8.19. The molecule has 5 nitrogen and oxygen atoms in total. The first-order chi connectivity index (χ1) is 10.8. The Balaban J connectivity index is 1.59. The third-order valence-corrected chi connectivity index (χ3v) is 4.73. The Labute approximate surface area is 131 Å². The van der Waals surface area contributed by atoms with Crippen molar-refractivity contribution < 1.29 is 9.21 Å². The molecule has 4 rings (SSSR count). The first kappa shape index (κ1) is 13.3. The summed E-state index contributed by atoms with van der Waals surface area (Å²) in [6, 6.07) is 7.67. The van der Waals surface area contributed by atoms with Gasteiger partial charge in [-0.05, 0) is 47.4 Å². The molecule has 112 valence electrons. The fourth-order valence-electron chi connectivity index (χ4n) is 2.96.